The van der Waals surface area contributed by atoms with Gasteiger partial charge in [0.15, 0.2) is 0 Å². The highest BCUT2D eigenvalue weighted by Crippen LogP contribution is 2.29. The van der Waals surface area contributed by atoms with Crippen molar-refractivity contribution < 1.29 is 0 Å². The highest BCUT2D eigenvalue weighted by molar-refractivity contribution is 6.35. The van der Waals surface area contributed by atoms with Crippen LogP contribution in [-0.2, 0) is 6.54 Å². The van der Waals surface area contributed by atoms with Gasteiger partial charge in [-0.05, 0) is 31.2 Å². The summed E-state index contributed by atoms with van der Waals surface area (Å²) in [4.78, 5) is 8.56. The van der Waals surface area contributed by atoms with E-state index in [2.05, 4.69) is 9.97 Å². The van der Waals surface area contributed by atoms with Crippen LogP contribution in [0.4, 0.5) is 0 Å². The quantitative estimate of drug-likeness (QED) is 0.909. The number of halogens is 2. The van der Waals surface area contributed by atoms with Crippen LogP contribution in [-0.4, -0.2) is 9.97 Å². The second-order valence-corrected chi connectivity index (χ2v) is 4.46. The summed E-state index contributed by atoms with van der Waals surface area (Å²) < 4.78 is 0. The first-order valence-corrected chi connectivity index (χ1v) is 5.86. The summed E-state index contributed by atoms with van der Waals surface area (Å²) in [5.41, 5.74) is 7.90. The molecule has 5 heteroatoms. The molecule has 2 aromatic rings. The van der Waals surface area contributed by atoms with E-state index in [0.717, 1.165) is 17.0 Å². The van der Waals surface area contributed by atoms with Crippen molar-refractivity contribution in [3.05, 3.63) is 45.8 Å². The van der Waals surface area contributed by atoms with Crippen LogP contribution in [0.5, 0.6) is 0 Å². The number of aryl methyl sites for hydroxylation is 1. The van der Waals surface area contributed by atoms with Crippen molar-refractivity contribution in [2.45, 2.75) is 13.5 Å². The van der Waals surface area contributed by atoms with E-state index in [1.807, 2.05) is 13.0 Å². The molecule has 0 bridgehead atoms. The Bertz CT molecular complexity index is 555. The standard InChI is InChI=1S/C12H11Cl2N3/c1-7-16-9(6-15)5-12(17-7)10-4-8(13)2-3-11(10)14/h2-5H,6,15H2,1H3. The van der Waals surface area contributed by atoms with E-state index in [1.165, 1.54) is 0 Å². The lowest BCUT2D eigenvalue weighted by atomic mass is 10.1. The van der Waals surface area contributed by atoms with Gasteiger partial charge >= 0.3 is 0 Å². The fraction of sp³-hybridized carbons (Fsp3) is 0.167. The number of benzene rings is 1. The highest BCUT2D eigenvalue weighted by atomic mass is 35.5. The molecule has 2 rings (SSSR count). The van der Waals surface area contributed by atoms with Crippen LogP contribution in [0.15, 0.2) is 24.3 Å². The Balaban J connectivity index is 2.59. The molecule has 0 radical (unpaired) electrons. The predicted molar refractivity (Wildman–Crippen MR) is 70.1 cm³/mol. The van der Waals surface area contributed by atoms with Gasteiger partial charge in [0.25, 0.3) is 0 Å². The molecule has 88 valence electrons. The Hall–Kier alpha value is -1.16. The summed E-state index contributed by atoms with van der Waals surface area (Å²) in [6, 6.07) is 7.10. The van der Waals surface area contributed by atoms with Gasteiger partial charge in [0.2, 0.25) is 0 Å². The summed E-state index contributed by atoms with van der Waals surface area (Å²) in [6.07, 6.45) is 0. The Morgan fingerprint density at radius 2 is 1.94 bits per heavy atom. The summed E-state index contributed by atoms with van der Waals surface area (Å²) in [5, 5.41) is 1.23. The second-order valence-electron chi connectivity index (χ2n) is 3.62. The fourth-order valence-electron chi connectivity index (χ4n) is 1.57. The van der Waals surface area contributed by atoms with Gasteiger partial charge in [0.05, 0.1) is 16.4 Å². The van der Waals surface area contributed by atoms with Gasteiger partial charge in [-0.15, -0.1) is 0 Å². The van der Waals surface area contributed by atoms with Crippen LogP contribution in [0.3, 0.4) is 0 Å². The van der Waals surface area contributed by atoms with Crippen LogP contribution >= 0.6 is 23.2 Å². The minimum Gasteiger partial charge on any atom is -0.325 e. The fourth-order valence-corrected chi connectivity index (χ4v) is 1.95. The first-order valence-electron chi connectivity index (χ1n) is 5.10. The van der Waals surface area contributed by atoms with E-state index >= 15 is 0 Å². The number of hydrogen-bond acceptors (Lipinski definition) is 3. The van der Waals surface area contributed by atoms with Crippen molar-refractivity contribution in [2.75, 3.05) is 0 Å². The molecule has 2 N–H and O–H groups in total. The van der Waals surface area contributed by atoms with Gasteiger partial charge < -0.3 is 5.73 Å². The molecule has 0 saturated carbocycles. The Morgan fingerprint density at radius 1 is 1.18 bits per heavy atom. The zero-order valence-corrected chi connectivity index (χ0v) is 10.8. The van der Waals surface area contributed by atoms with E-state index in [4.69, 9.17) is 28.9 Å². The van der Waals surface area contributed by atoms with Gasteiger partial charge in [0.1, 0.15) is 5.82 Å². The monoisotopic (exact) mass is 267 g/mol. The van der Waals surface area contributed by atoms with E-state index in [-0.39, 0.29) is 0 Å². The third kappa shape index (κ3) is 2.75. The molecule has 1 heterocycles. The van der Waals surface area contributed by atoms with Crippen LogP contribution in [0.25, 0.3) is 11.3 Å². The van der Waals surface area contributed by atoms with Crippen molar-refractivity contribution in [3.63, 3.8) is 0 Å². The molecule has 0 aliphatic heterocycles. The lowest BCUT2D eigenvalue weighted by Crippen LogP contribution is -2.03. The van der Waals surface area contributed by atoms with Gasteiger partial charge in [-0.2, -0.15) is 0 Å². The first-order chi connectivity index (χ1) is 8.10. The van der Waals surface area contributed by atoms with E-state index in [0.29, 0.717) is 22.4 Å². The molecule has 0 amide bonds. The molecule has 1 aromatic heterocycles. The maximum absolute atomic E-state index is 6.13. The molecular formula is C12H11Cl2N3. The topological polar surface area (TPSA) is 51.8 Å². The van der Waals surface area contributed by atoms with Crippen molar-refractivity contribution in [3.8, 4) is 11.3 Å². The molecule has 0 aliphatic carbocycles. The predicted octanol–water partition coefficient (Wildman–Crippen LogP) is 3.22. The lowest BCUT2D eigenvalue weighted by Gasteiger charge is -2.07. The molecule has 0 fully saturated rings. The summed E-state index contributed by atoms with van der Waals surface area (Å²) in [5.74, 6) is 0.666. The average molecular weight is 268 g/mol. The highest BCUT2D eigenvalue weighted by Gasteiger charge is 2.08. The molecule has 1 aromatic carbocycles. The third-order valence-corrected chi connectivity index (χ3v) is 2.87. The molecule has 17 heavy (non-hydrogen) atoms. The number of rotatable bonds is 2. The minimum atomic E-state index is 0.370. The lowest BCUT2D eigenvalue weighted by molar-refractivity contribution is 0.929. The zero-order valence-electron chi connectivity index (χ0n) is 9.24. The largest absolute Gasteiger partial charge is 0.325 e. The molecule has 0 atom stereocenters. The van der Waals surface area contributed by atoms with Crippen molar-refractivity contribution in [1.82, 2.24) is 9.97 Å². The minimum absolute atomic E-state index is 0.370. The van der Waals surface area contributed by atoms with Crippen molar-refractivity contribution >= 4 is 23.2 Å². The second kappa shape index (κ2) is 5.00. The Kier molecular flexibility index (Phi) is 3.62. The van der Waals surface area contributed by atoms with Gasteiger partial charge in [-0.1, -0.05) is 23.2 Å². The summed E-state index contributed by atoms with van der Waals surface area (Å²) in [7, 11) is 0. The van der Waals surface area contributed by atoms with Crippen LogP contribution in [0.1, 0.15) is 11.5 Å². The molecule has 0 unspecified atom stereocenters. The van der Waals surface area contributed by atoms with E-state index in [1.54, 1.807) is 18.2 Å². The van der Waals surface area contributed by atoms with Crippen molar-refractivity contribution in [2.24, 2.45) is 5.73 Å². The molecule has 3 nitrogen and oxygen atoms in total. The van der Waals surface area contributed by atoms with E-state index in [9.17, 15) is 0 Å². The molecule has 0 saturated heterocycles. The van der Waals surface area contributed by atoms with Gasteiger partial charge in [-0.25, -0.2) is 9.97 Å². The van der Waals surface area contributed by atoms with Crippen LogP contribution < -0.4 is 5.73 Å². The molecular weight excluding hydrogens is 257 g/mol. The third-order valence-electron chi connectivity index (χ3n) is 2.30. The van der Waals surface area contributed by atoms with Crippen LogP contribution in [0.2, 0.25) is 10.0 Å². The normalized spacial score (nSPS) is 10.6. The number of nitrogens with zero attached hydrogens (tertiary/aromatic N) is 2. The number of hydrogen-bond donors (Lipinski definition) is 1. The van der Waals surface area contributed by atoms with E-state index < -0.39 is 0 Å². The Labute approximate surface area is 110 Å². The van der Waals surface area contributed by atoms with Gasteiger partial charge in [-0.3, -0.25) is 0 Å². The molecule has 0 aliphatic rings. The maximum Gasteiger partial charge on any atom is 0.126 e. The average Bonchev–Trinajstić information content (AvgIpc) is 2.31. The molecule has 0 spiro atoms. The number of nitrogens with two attached hydrogens (primary N) is 1. The SMILES string of the molecule is Cc1nc(CN)cc(-c2cc(Cl)ccc2Cl)n1. The van der Waals surface area contributed by atoms with Gasteiger partial charge in [0, 0.05) is 17.1 Å². The zero-order chi connectivity index (χ0) is 12.4. The van der Waals surface area contributed by atoms with Crippen LogP contribution in [0, 0.1) is 6.92 Å². The first kappa shape index (κ1) is 12.3. The Morgan fingerprint density at radius 3 is 2.65 bits per heavy atom. The number of aromatic nitrogens is 2. The summed E-state index contributed by atoms with van der Waals surface area (Å²) in [6.45, 7) is 2.19. The van der Waals surface area contributed by atoms with Crippen molar-refractivity contribution in [1.29, 1.82) is 0 Å². The smallest absolute Gasteiger partial charge is 0.126 e. The summed E-state index contributed by atoms with van der Waals surface area (Å²) >= 11 is 12.1. The maximum atomic E-state index is 6.13.